The average Bonchev–Trinajstić information content (AvgIpc) is 3.00. The van der Waals surface area contributed by atoms with Gasteiger partial charge in [0.25, 0.3) is 11.6 Å². The Morgan fingerprint density at radius 1 is 1.32 bits per heavy atom. The normalized spacial score (nSPS) is 12.1. The molecule has 9 heteroatoms. The summed E-state index contributed by atoms with van der Waals surface area (Å²) in [5.74, 6) is 0.545. The summed E-state index contributed by atoms with van der Waals surface area (Å²) < 4.78 is 4.09. The van der Waals surface area contributed by atoms with Gasteiger partial charge in [-0.2, -0.15) is 16.8 Å². The number of thioether (sulfide) groups is 1. The fraction of sp³-hybridized carbons (Fsp3) is 0.158. The van der Waals surface area contributed by atoms with E-state index in [0.29, 0.717) is 10.4 Å². The van der Waals surface area contributed by atoms with E-state index in [9.17, 15) is 14.9 Å². The smallest absolute Gasteiger partial charge is 0.272 e. The Labute approximate surface area is 177 Å². The molecule has 28 heavy (non-hydrogen) atoms. The number of amides is 1. The van der Waals surface area contributed by atoms with Crippen molar-refractivity contribution < 1.29 is 9.72 Å². The lowest BCUT2D eigenvalue weighted by Gasteiger charge is -2.03. The van der Waals surface area contributed by atoms with Gasteiger partial charge in [-0.25, -0.2) is 0 Å². The van der Waals surface area contributed by atoms with Gasteiger partial charge < -0.3 is 4.57 Å². The number of carbonyl (C=O) groups excluding carboxylic acids is 1. The fourth-order valence-corrected chi connectivity index (χ4v) is 4.52. The molecule has 0 unspecified atom stereocenters. The van der Waals surface area contributed by atoms with Gasteiger partial charge in [-0.1, -0.05) is 27.3 Å². The zero-order valence-electron chi connectivity index (χ0n) is 14.9. The van der Waals surface area contributed by atoms with E-state index in [4.69, 9.17) is 0 Å². The molecular formula is C19H16BrN3O3S2. The molecule has 3 rings (SSSR count). The summed E-state index contributed by atoms with van der Waals surface area (Å²) in [6.07, 6.45) is 5.02. The predicted molar refractivity (Wildman–Crippen MR) is 119 cm³/mol. The lowest BCUT2D eigenvalue weighted by Crippen LogP contribution is -2.17. The summed E-state index contributed by atoms with van der Waals surface area (Å²) in [6.45, 7) is 0.765. The molecule has 1 amide bonds. The third-order valence-electron chi connectivity index (χ3n) is 3.89. The van der Waals surface area contributed by atoms with Crippen molar-refractivity contribution in [3.8, 4) is 0 Å². The SMILES string of the molecule is CSCCn1c(=NC(=O)/C=C/c2ccc([N+](=O)[O-])cc2)sc2cc(Br)ccc21. The number of rotatable bonds is 6. The largest absolute Gasteiger partial charge is 0.316 e. The lowest BCUT2D eigenvalue weighted by atomic mass is 10.2. The molecule has 0 saturated carbocycles. The van der Waals surface area contributed by atoms with Crippen LogP contribution < -0.4 is 4.80 Å². The first-order valence-electron chi connectivity index (χ1n) is 8.27. The zero-order chi connectivity index (χ0) is 20.1. The Hall–Kier alpha value is -2.23. The van der Waals surface area contributed by atoms with Crippen molar-refractivity contribution in [2.75, 3.05) is 12.0 Å². The van der Waals surface area contributed by atoms with Crippen molar-refractivity contribution in [1.82, 2.24) is 4.57 Å². The molecule has 0 N–H and O–H groups in total. The quantitative estimate of drug-likeness (QED) is 0.288. The minimum Gasteiger partial charge on any atom is -0.316 e. The number of aromatic nitrogens is 1. The molecule has 0 atom stereocenters. The first kappa shape index (κ1) is 20.5. The van der Waals surface area contributed by atoms with Crippen molar-refractivity contribution in [1.29, 1.82) is 0 Å². The first-order chi connectivity index (χ1) is 13.5. The highest BCUT2D eigenvalue weighted by Crippen LogP contribution is 2.22. The second-order valence-electron chi connectivity index (χ2n) is 5.77. The van der Waals surface area contributed by atoms with Crippen molar-refractivity contribution in [2.24, 2.45) is 4.99 Å². The van der Waals surface area contributed by atoms with Crippen molar-refractivity contribution >= 4 is 66.9 Å². The van der Waals surface area contributed by atoms with E-state index in [2.05, 4.69) is 25.5 Å². The number of non-ortho nitro benzene ring substituents is 1. The molecule has 0 bridgehead atoms. The maximum Gasteiger partial charge on any atom is 0.272 e. The van der Waals surface area contributed by atoms with Crippen LogP contribution in [-0.2, 0) is 11.3 Å². The number of halogens is 1. The summed E-state index contributed by atoms with van der Waals surface area (Å²) in [4.78, 5) is 27.5. The summed E-state index contributed by atoms with van der Waals surface area (Å²) in [6, 6.07) is 12.0. The van der Waals surface area contributed by atoms with Crippen LogP contribution in [0.3, 0.4) is 0 Å². The number of benzene rings is 2. The van der Waals surface area contributed by atoms with Gasteiger partial charge >= 0.3 is 0 Å². The van der Waals surface area contributed by atoms with E-state index in [0.717, 1.165) is 27.0 Å². The average molecular weight is 478 g/mol. The number of hydrogen-bond donors (Lipinski definition) is 0. The van der Waals surface area contributed by atoms with Gasteiger partial charge in [-0.05, 0) is 48.2 Å². The van der Waals surface area contributed by atoms with Crippen LogP contribution in [0.2, 0.25) is 0 Å². The molecule has 6 nitrogen and oxygen atoms in total. The third-order valence-corrected chi connectivity index (χ3v) is 6.02. The molecule has 0 aliphatic heterocycles. The number of carbonyl (C=O) groups is 1. The Balaban J connectivity index is 1.89. The van der Waals surface area contributed by atoms with Gasteiger partial charge in [0.1, 0.15) is 0 Å². The summed E-state index contributed by atoms with van der Waals surface area (Å²) >= 11 is 6.68. The van der Waals surface area contributed by atoms with Crippen LogP contribution in [0, 0.1) is 10.1 Å². The Morgan fingerprint density at radius 2 is 2.07 bits per heavy atom. The first-order valence-corrected chi connectivity index (χ1v) is 11.3. The van der Waals surface area contributed by atoms with Gasteiger partial charge in [-0.3, -0.25) is 14.9 Å². The van der Waals surface area contributed by atoms with Crippen molar-refractivity contribution in [2.45, 2.75) is 6.54 Å². The Morgan fingerprint density at radius 3 is 2.75 bits per heavy atom. The Bertz CT molecular complexity index is 1120. The summed E-state index contributed by atoms with van der Waals surface area (Å²) in [5, 5.41) is 10.7. The molecule has 0 radical (unpaired) electrons. The van der Waals surface area contributed by atoms with E-state index < -0.39 is 4.92 Å². The molecule has 1 heterocycles. The number of nitrogens with zero attached hydrogens (tertiary/aromatic N) is 3. The van der Waals surface area contributed by atoms with Crippen molar-refractivity contribution in [3.05, 3.63) is 73.5 Å². The monoisotopic (exact) mass is 477 g/mol. The molecular weight excluding hydrogens is 462 g/mol. The van der Waals surface area contributed by atoms with Crippen LogP contribution in [0.25, 0.3) is 16.3 Å². The predicted octanol–water partition coefficient (Wildman–Crippen LogP) is 4.88. The second kappa shape index (κ2) is 9.31. The molecule has 0 aliphatic rings. The molecule has 0 aliphatic carbocycles. The summed E-state index contributed by atoms with van der Waals surface area (Å²) in [7, 11) is 0. The molecule has 2 aromatic carbocycles. The number of nitro groups is 1. The van der Waals surface area contributed by atoms with E-state index in [-0.39, 0.29) is 11.6 Å². The standard InChI is InChI=1S/C19H16BrN3O3S2/c1-27-11-10-22-16-8-5-14(20)12-17(16)28-19(22)21-18(24)9-4-13-2-6-15(7-3-13)23(25)26/h2-9,12H,10-11H2,1H3/b9-4+,21-19?. The van der Waals surface area contributed by atoms with Crippen LogP contribution in [-0.4, -0.2) is 27.4 Å². The van der Waals surface area contributed by atoms with Gasteiger partial charge in [0.15, 0.2) is 4.80 Å². The van der Waals surface area contributed by atoms with Crippen LogP contribution in [0.15, 0.2) is 58.0 Å². The molecule has 0 spiro atoms. The Kier molecular flexibility index (Phi) is 6.82. The van der Waals surface area contributed by atoms with Crippen LogP contribution in [0.5, 0.6) is 0 Å². The van der Waals surface area contributed by atoms with E-state index in [1.807, 2.05) is 24.5 Å². The van der Waals surface area contributed by atoms with E-state index in [1.165, 1.54) is 29.5 Å². The number of aryl methyl sites for hydroxylation is 1. The molecule has 0 fully saturated rings. The molecule has 1 aromatic heterocycles. The van der Waals surface area contributed by atoms with Crippen molar-refractivity contribution in [3.63, 3.8) is 0 Å². The molecule has 144 valence electrons. The van der Waals surface area contributed by atoms with Gasteiger partial charge in [0, 0.05) is 35.0 Å². The fourth-order valence-electron chi connectivity index (χ4n) is 2.54. The highest BCUT2D eigenvalue weighted by Gasteiger charge is 2.08. The number of fused-ring (bicyclic) bond motifs is 1. The maximum absolute atomic E-state index is 12.3. The topological polar surface area (TPSA) is 77.5 Å². The zero-order valence-corrected chi connectivity index (χ0v) is 18.1. The van der Waals surface area contributed by atoms with Gasteiger partial charge in [0.05, 0.1) is 15.1 Å². The van der Waals surface area contributed by atoms with Crippen LogP contribution >= 0.6 is 39.0 Å². The van der Waals surface area contributed by atoms with Crippen LogP contribution in [0.1, 0.15) is 5.56 Å². The minimum atomic E-state index is -0.457. The summed E-state index contributed by atoms with van der Waals surface area (Å²) in [5.41, 5.74) is 1.76. The maximum atomic E-state index is 12.3. The number of hydrogen-bond acceptors (Lipinski definition) is 5. The van der Waals surface area contributed by atoms with Crippen LogP contribution in [0.4, 0.5) is 5.69 Å². The number of nitro benzene ring substituents is 1. The third kappa shape index (κ3) is 4.98. The minimum absolute atomic E-state index is 0.0134. The number of thiazole rings is 1. The van der Waals surface area contributed by atoms with Gasteiger partial charge in [-0.15, -0.1) is 0 Å². The van der Waals surface area contributed by atoms with E-state index >= 15 is 0 Å². The van der Waals surface area contributed by atoms with E-state index in [1.54, 1.807) is 30.0 Å². The molecule has 3 aromatic rings. The molecule has 0 saturated heterocycles. The van der Waals surface area contributed by atoms with Gasteiger partial charge in [0.2, 0.25) is 0 Å². The highest BCUT2D eigenvalue weighted by atomic mass is 79.9. The highest BCUT2D eigenvalue weighted by molar-refractivity contribution is 9.10. The lowest BCUT2D eigenvalue weighted by molar-refractivity contribution is -0.384. The second-order valence-corrected chi connectivity index (χ2v) is 8.68.